The van der Waals surface area contributed by atoms with Gasteiger partial charge in [-0.2, -0.15) is 64.8 Å². The molecule has 0 aliphatic carbocycles. The number of rotatable bonds is 6. The molecule has 3 aliphatic heterocycles. The number of para-hydroxylation sites is 3. The van der Waals surface area contributed by atoms with Gasteiger partial charge >= 0.3 is 46.6 Å². The second kappa shape index (κ2) is 23.4. The van der Waals surface area contributed by atoms with E-state index in [1.807, 2.05) is 91.0 Å². The van der Waals surface area contributed by atoms with Gasteiger partial charge in [0.05, 0.1) is 33.7 Å². The molecule has 0 fully saturated rings. The minimum Gasteiger partial charge on any atom is -0.252 e. The lowest BCUT2D eigenvalue weighted by molar-refractivity contribution is -0.0448. The van der Waals surface area contributed by atoms with E-state index in [0.29, 0.717) is 63.0 Å². The number of anilines is 3. The fourth-order valence-electron chi connectivity index (χ4n) is 10.1. The van der Waals surface area contributed by atoms with E-state index in [1.165, 1.54) is 77.9 Å². The summed E-state index contributed by atoms with van der Waals surface area (Å²) in [7, 11) is -16.9. The fraction of sp³-hybridized carbons (Fsp3) is 0.238. The number of sulfonamides is 3. The van der Waals surface area contributed by atoms with Gasteiger partial charge in [-0.15, -0.1) is 0 Å². The Hall–Kier alpha value is -7.62. The number of fused-ring (bicyclic) bond motifs is 3. The first-order valence-electron chi connectivity index (χ1n) is 25.9. The Morgan fingerprint density at radius 1 is 0.321 bits per heavy atom. The van der Waals surface area contributed by atoms with Crippen molar-refractivity contribution < 1.29 is 64.8 Å². The summed E-state index contributed by atoms with van der Waals surface area (Å²) in [5.74, 6) is 0. The molecule has 0 unspecified atom stereocenters. The van der Waals surface area contributed by atoms with Crippen LogP contribution in [0.15, 0.2) is 199 Å². The lowest BCUT2D eigenvalue weighted by Crippen LogP contribution is -2.53. The average Bonchev–Trinajstić information content (AvgIpc) is 1.89. The second-order valence-electron chi connectivity index (χ2n) is 21.4. The monoisotopic (exact) mass is 1220 g/mol. The van der Waals surface area contributed by atoms with Gasteiger partial charge in [0.1, 0.15) is 0 Å². The molecule has 0 saturated heterocycles. The molecule has 0 atom stereocenters. The number of benzene rings is 6. The summed E-state index contributed by atoms with van der Waals surface area (Å²) < 4.78 is 199. The predicted octanol–water partition coefficient (Wildman–Crippen LogP) is 16.9. The number of hydrogen-bond acceptors (Lipinski definition) is 6. The molecule has 0 amide bonds. The second-order valence-corrected chi connectivity index (χ2v) is 26.7. The van der Waals surface area contributed by atoms with Crippen molar-refractivity contribution in [3.8, 4) is 0 Å². The third-order valence-electron chi connectivity index (χ3n) is 14.4. The molecule has 6 aromatic rings. The average molecular weight is 1220 g/mol. The van der Waals surface area contributed by atoms with Gasteiger partial charge in [0.25, 0.3) is 0 Å². The van der Waals surface area contributed by atoms with Crippen LogP contribution in [-0.4, -0.2) is 58.4 Å². The topological polar surface area (TPSA) is 112 Å². The number of nitrogens with zero attached hydrogens (tertiary/aromatic N) is 3. The van der Waals surface area contributed by atoms with Gasteiger partial charge < -0.3 is 0 Å². The van der Waals surface area contributed by atoms with Crippen LogP contribution < -0.4 is 12.9 Å². The van der Waals surface area contributed by atoms with Crippen LogP contribution in [0.2, 0.25) is 0 Å². The highest BCUT2D eigenvalue weighted by molar-refractivity contribution is 7.94. The molecule has 3 aliphatic rings. The van der Waals surface area contributed by atoms with Gasteiger partial charge in [0, 0.05) is 16.7 Å². The Bertz CT molecular complexity index is 3570. The van der Waals surface area contributed by atoms with Gasteiger partial charge in [0.15, 0.2) is 0 Å². The van der Waals surface area contributed by atoms with Crippen LogP contribution in [0, 0.1) is 0 Å². The highest BCUT2D eigenvalue weighted by Crippen LogP contribution is 2.49. The number of allylic oxidation sites excluding steroid dienone is 3. The summed E-state index contributed by atoms with van der Waals surface area (Å²) >= 11 is 0. The Labute approximate surface area is 484 Å². The summed E-state index contributed by atoms with van der Waals surface area (Å²) in [6.45, 7) is 14.2. The number of alkyl halides is 9. The van der Waals surface area contributed by atoms with E-state index in [0.717, 1.165) is 16.7 Å². The molecule has 21 heteroatoms. The van der Waals surface area contributed by atoms with Gasteiger partial charge in [-0.25, -0.2) is 0 Å². The van der Waals surface area contributed by atoms with E-state index < -0.39 is 63.2 Å². The van der Waals surface area contributed by atoms with Crippen molar-refractivity contribution in [2.24, 2.45) is 0 Å². The number of hydrogen-bond donors (Lipinski definition) is 0. The van der Waals surface area contributed by atoms with Crippen LogP contribution in [0.3, 0.4) is 0 Å². The molecule has 9 rings (SSSR count). The van der Waals surface area contributed by atoms with Gasteiger partial charge in [-0.3, -0.25) is 12.9 Å². The third kappa shape index (κ3) is 12.6. The first-order valence-corrected chi connectivity index (χ1v) is 30.2. The van der Waals surface area contributed by atoms with Crippen molar-refractivity contribution in [2.75, 3.05) is 12.9 Å². The Morgan fingerprint density at radius 2 is 0.512 bits per heavy atom. The molecule has 0 aromatic heterocycles. The van der Waals surface area contributed by atoms with Crippen LogP contribution in [0.1, 0.15) is 95.7 Å². The van der Waals surface area contributed by atoms with Crippen molar-refractivity contribution in [1.82, 2.24) is 0 Å². The zero-order valence-corrected chi connectivity index (χ0v) is 49.4. The van der Waals surface area contributed by atoms with E-state index >= 15 is 0 Å². The van der Waals surface area contributed by atoms with Crippen molar-refractivity contribution in [1.29, 1.82) is 0 Å². The summed E-state index contributed by atoms with van der Waals surface area (Å²) in [5.41, 5.74) is -13.6. The van der Waals surface area contributed by atoms with Crippen LogP contribution in [0.5, 0.6) is 0 Å². The van der Waals surface area contributed by atoms with Gasteiger partial charge in [-0.05, 0) is 149 Å². The molecular formula is C63H60F9N3O6S3. The van der Waals surface area contributed by atoms with E-state index in [2.05, 4.69) is 0 Å². The van der Waals surface area contributed by atoms with E-state index in [9.17, 15) is 64.8 Å². The lowest BCUT2D eigenvalue weighted by Gasteiger charge is -2.40. The molecular weight excluding hydrogens is 1160 g/mol. The third-order valence-corrected chi connectivity index (χ3v) is 19.5. The summed E-state index contributed by atoms with van der Waals surface area (Å²) in [6.07, 6.45) is 10.4. The van der Waals surface area contributed by atoms with Crippen molar-refractivity contribution in [3.05, 3.63) is 232 Å². The normalized spacial score (nSPS) is 18.4. The molecule has 444 valence electrons. The maximum Gasteiger partial charge on any atom is 0.516 e. The highest BCUT2D eigenvalue weighted by Gasteiger charge is 2.58. The highest BCUT2D eigenvalue weighted by atomic mass is 32.2. The molecule has 0 bridgehead atoms. The summed E-state index contributed by atoms with van der Waals surface area (Å²) in [4.78, 5) is 0. The molecule has 0 saturated carbocycles. The number of halogens is 9. The molecule has 9 nitrogen and oxygen atoms in total. The lowest BCUT2D eigenvalue weighted by atomic mass is 9.91. The van der Waals surface area contributed by atoms with Gasteiger partial charge in [0.2, 0.25) is 0 Å². The first-order chi connectivity index (χ1) is 38.9. The molecule has 6 aromatic carbocycles. The Morgan fingerprint density at radius 3 is 0.714 bits per heavy atom. The van der Waals surface area contributed by atoms with Crippen LogP contribution in [0.25, 0.3) is 34.9 Å². The maximum atomic E-state index is 13.6. The largest absolute Gasteiger partial charge is 0.516 e. The molecule has 0 N–H and O–H groups in total. The Kier molecular flexibility index (Phi) is 17.8. The van der Waals surface area contributed by atoms with Crippen molar-refractivity contribution >= 4 is 82.1 Å². The maximum absolute atomic E-state index is 13.6. The van der Waals surface area contributed by atoms with Crippen molar-refractivity contribution in [2.45, 2.75) is 95.5 Å². The molecule has 3 heterocycles. The van der Waals surface area contributed by atoms with Crippen LogP contribution >= 0.6 is 0 Å². The minimum absolute atomic E-state index is 0.00929. The van der Waals surface area contributed by atoms with Crippen LogP contribution in [-0.2, 0) is 30.1 Å². The minimum atomic E-state index is -5.63. The van der Waals surface area contributed by atoms with E-state index in [1.54, 1.807) is 93.6 Å². The fourth-order valence-corrected chi connectivity index (χ4v) is 14.1. The first kappa shape index (κ1) is 64.0. The zero-order valence-electron chi connectivity index (χ0n) is 47.0. The molecule has 0 radical (unpaired) electrons. The molecule has 0 spiro atoms. The summed E-state index contributed by atoms with van der Waals surface area (Å²) in [5, 5.41) is 0. The van der Waals surface area contributed by atoms with Gasteiger partial charge in [-0.1, -0.05) is 164 Å². The smallest absolute Gasteiger partial charge is 0.252 e. The quantitative estimate of drug-likeness (QED) is 0.154. The zero-order chi connectivity index (χ0) is 62.2. The standard InChI is InChI=1S/3C21H20F3NO2S/c3*1-15-13-17(14-16-9-5-4-6-10-16)20(2,3)25(28(26,27)21(22,23)24)19-12-8-7-11-18(15)19/h3*4-14H,1-3H3/b3*17-14+. The Balaban J connectivity index is 0.000000181. The molecule has 84 heavy (non-hydrogen) atoms. The predicted molar refractivity (Wildman–Crippen MR) is 318 cm³/mol. The van der Waals surface area contributed by atoms with E-state index in [-0.39, 0.29) is 17.1 Å². The SMILES string of the molecule is CC1=C/C(=C\c2ccccc2)C(C)(C)N(S(=O)(=O)C(F)(F)F)c2ccccc21.CC1=C/C(=C\c2ccccc2)C(C)(C)N(S(=O)(=O)C(F)(F)F)c2ccccc21.CC1=C/C(=C\c2ccccc2)C(C)(C)N(S(=O)(=O)C(F)(F)F)c2ccccc21. The summed E-state index contributed by atoms with van der Waals surface area (Å²) in [6, 6.07) is 46.0. The van der Waals surface area contributed by atoms with Crippen LogP contribution in [0.4, 0.5) is 56.6 Å². The van der Waals surface area contributed by atoms with E-state index in [4.69, 9.17) is 0 Å². The van der Waals surface area contributed by atoms with Crippen molar-refractivity contribution in [3.63, 3.8) is 0 Å².